The second-order valence-electron chi connectivity index (χ2n) is 1.66. The maximum atomic E-state index is 5.09. The largest absolute Gasteiger partial charge is 0.553 e. The predicted molar refractivity (Wildman–Crippen MR) is 44.7 cm³/mol. The summed E-state index contributed by atoms with van der Waals surface area (Å²) in [5.41, 5.74) is 0. The van der Waals surface area contributed by atoms with Crippen molar-refractivity contribution in [2.75, 3.05) is 0 Å². The summed E-state index contributed by atoms with van der Waals surface area (Å²) in [5, 5.41) is 0. The van der Waals surface area contributed by atoms with Crippen molar-refractivity contribution in [3.63, 3.8) is 0 Å². The van der Waals surface area contributed by atoms with E-state index < -0.39 is 0 Å². The van der Waals surface area contributed by atoms with Gasteiger partial charge in [-0.3, -0.25) is 0 Å². The summed E-state index contributed by atoms with van der Waals surface area (Å²) < 4.78 is 6.18. The molecule has 1 aromatic carbocycles. The van der Waals surface area contributed by atoms with E-state index in [1.165, 1.54) is 0 Å². The molecule has 0 N–H and O–H groups in total. The van der Waals surface area contributed by atoms with E-state index in [1.807, 2.05) is 24.3 Å². The highest BCUT2D eigenvalue weighted by molar-refractivity contribution is 9.10. The average molecular weight is 203 g/mol. The monoisotopic (exact) mass is 202 g/mol. The Balaban J connectivity index is 2.88. The second kappa shape index (κ2) is 3.03. The molecule has 0 radical (unpaired) electrons. The van der Waals surface area contributed by atoms with Crippen molar-refractivity contribution >= 4 is 26.4 Å². The van der Waals surface area contributed by atoms with E-state index in [0.717, 1.165) is 20.7 Å². The van der Waals surface area contributed by atoms with E-state index in [1.54, 1.807) is 0 Å². The molecule has 1 rings (SSSR count). The summed E-state index contributed by atoms with van der Waals surface area (Å²) in [6.07, 6.45) is 0. The normalized spacial score (nSPS) is 9.44. The number of rotatable bonds is 1. The maximum absolute atomic E-state index is 5.09. The van der Waals surface area contributed by atoms with Crippen LogP contribution in [0.2, 0.25) is 0 Å². The van der Waals surface area contributed by atoms with Gasteiger partial charge >= 0.3 is 0 Å². The van der Waals surface area contributed by atoms with Crippen LogP contribution in [0.25, 0.3) is 0 Å². The fraction of sp³-hybridized carbons (Fsp3) is 0. The van der Waals surface area contributed by atoms with Crippen molar-refractivity contribution in [2.24, 2.45) is 0 Å². The molecule has 0 amide bonds. The zero-order valence-corrected chi connectivity index (χ0v) is 8.68. The molecule has 0 fully saturated rings. The highest BCUT2D eigenvalue weighted by atomic mass is 79.9. The Labute approximate surface area is 65.7 Å². The minimum atomic E-state index is 0.759. The molecule has 0 atom stereocenters. The minimum Gasteiger partial charge on any atom is -0.553 e. The van der Waals surface area contributed by atoms with Crippen molar-refractivity contribution in [3.05, 3.63) is 28.7 Å². The van der Waals surface area contributed by atoms with Crippen molar-refractivity contribution in [2.45, 2.75) is 0 Å². The van der Waals surface area contributed by atoms with Crippen molar-refractivity contribution < 1.29 is 4.43 Å². The van der Waals surface area contributed by atoms with Crippen LogP contribution in [0.4, 0.5) is 0 Å². The maximum Gasteiger partial charge on any atom is 0.204 e. The topological polar surface area (TPSA) is 9.23 Å². The van der Waals surface area contributed by atoms with Gasteiger partial charge in [0, 0.05) is 4.47 Å². The molecule has 1 nitrogen and oxygen atoms in total. The van der Waals surface area contributed by atoms with Crippen molar-refractivity contribution in [1.82, 2.24) is 0 Å². The highest BCUT2D eigenvalue weighted by Gasteiger charge is 1.86. The van der Waals surface area contributed by atoms with E-state index in [-0.39, 0.29) is 0 Å². The fourth-order valence-corrected chi connectivity index (χ4v) is 1.11. The summed E-state index contributed by atoms with van der Waals surface area (Å²) >= 11 is 3.33. The van der Waals surface area contributed by atoms with Gasteiger partial charge in [0.1, 0.15) is 5.75 Å². The van der Waals surface area contributed by atoms with E-state index in [0.29, 0.717) is 0 Å². The SMILES string of the molecule is [SiH3]Oc1ccc(Br)cc1. The Bertz CT molecular complexity index is 185. The van der Waals surface area contributed by atoms with Gasteiger partial charge in [-0.05, 0) is 24.3 Å². The third-order valence-electron chi connectivity index (χ3n) is 1.05. The fourth-order valence-electron chi connectivity index (χ4n) is 0.571. The van der Waals surface area contributed by atoms with Gasteiger partial charge in [0.05, 0.1) is 0 Å². The summed E-state index contributed by atoms with van der Waals surface area (Å²) in [7, 11) is 0.759. The molecular formula is C6H7BrOSi. The smallest absolute Gasteiger partial charge is 0.204 e. The van der Waals surface area contributed by atoms with Crippen LogP contribution in [-0.2, 0) is 0 Å². The van der Waals surface area contributed by atoms with Gasteiger partial charge in [-0.15, -0.1) is 0 Å². The number of benzene rings is 1. The Morgan fingerprint density at radius 1 is 1.22 bits per heavy atom. The minimum absolute atomic E-state index is 0.759. The summed E-state index contributed by atoms with van der Waals surface area (Å²) in [6.45, 7) is 0. The molecule has 0 aliphatic rings. The first-order valence-corrected chi connectivity index (χ1v) is 4.23. The molecule has 48 valence electrons. The first kappa shape index (κ1) is 6.83. The molecule has 0 heterocycles. The van der Waals surface area contributed by atoms with Crippen LogP contribution in [0.1, 0.15) is 0 Å². The van der Waals surface area contributed by atoms with E-state index in [4.69, 9.17) is 4.43 Å². The first-order chi connectivity index (χ1) is 4.33. The van der Waals surface area contributed by atoms with E-state index >= 15 is 0 Å². The molecule has 0 saturated carbocycles. The van der Waals surface area contributed by atoms with Crippen LogP contribution in [0, 0.1) is 0 Å². The molecule has 0 saturated heterocycles. The lowest BCUT2D eigenvalue weighted by atomic mass is 10.3. The lowest BCUT2D eigenvalue weighted by Crippen LogP contribution is -1.82. The zero-order chi connectivity index (χ0) is 6.69. The van der Waals surface area contributed by atoms with Gasteiger partial charge in [0.15, 0.2) is 0 Å². The molecule has 0 aliphatic heterocycles. The van der Waals surface area contributed by atoms with Crippen LogP contribution in [-0.4, -0.2) is 10.5 Å². The van der Waals surface area contributed by atoms with Crippen molar-refractivity contribution in [3.8, 4) is 5.75 Å². The van der Waals surface area contributed by atoms with Crippen LogP contribution in [0.5, 0.6) is 5.75 Å². The highest BCUT2D eigenvalue weighted by Crippen LogP contribution is 2.14. The molecule has 0 spiro atoms. The molecule has 3 heteroatoms. The van der Waals surface area contributed by atoms with Gasteiger partial charge in [0.25, 0.3) is 0 Å². The molecule has 0 aliphatic carbocycles. The van der Waals surface area contributed by atoms with Crippen LogP contribution in [0.3, 0.4) is 0 Å². The summed E-state index contributed by atoms with van der Waals surface area (Å²) in [4.78, 5) is 0. The number of hydrogen-bond donors (Lipinski definition) is 0. The lowest BCUT2D eigenvalue weighted by molar-refractivity contribution is 0.616. The Hall–Kier alpha value is -0.283. The third-order valence-corrected chi connectivity index (χ3v) is 2.05. The first-order valence-electron chi connectivity index (χ1n) is 2.62. The van der Waals surface area contributed by atoms with Crippen LogP contribution in [0.15, 0.2) is 28.7 Å². The third kappa shape index (κ3) is 1.84. The summed E-state index contributed by atoms with van der Waals surface area (Å²) in [6, 6.07) is 7.81. The Morgan fingerprint density at radius 2 is 1.78 bits per heavy atom. The number of hydrogen-bond acceptors (Lipinski definition) is 1. The van der Waals surface area contributed by atoms with Gasteiger partial charge in [-0.2, -0.15) is 0 Å². The van der Waals surface area contributed by atoms with E-state index in [9.17, 15) is 0 Å². The second-order valence-corrected chi connectivity index (χ2v) is 2.98. The van der Waals surface area contributed by atoms with E-state index in [2.05, 4.69) is 15.9 Å². The van der Waals surface area contributed by atoms with Gasteiger partial charge in [-0.25, -0.2) is 0 Å². The molecule has 0 unspecified atom stereocenters. The summed E-state index contributed by atoms with van der Waals surface area (Å²) in [5.74, 6) is 0.949. The average Bonchev–Trinajstić information content (AvgIpc) is 1.90. The molecule has 0 aromatic heterocycles. The predicted octanol–water partition coefficient (Wildman–Crippen LogP) is 1.11. The lowest BCUT2D eigenvalue weighted by Gasteiger charge is -1.97. The molecule has 1 aromatic rings. The standard InChI is InChI=1S/C6H7BrOSi/c7-5-1-3-6(8-9)4-2-5/h1-4H,9H3. The quantitative estimate of drug-likeness (QED) is 0.621. The molecular weight excluding hydrogens is 196 g/mol. The Morgan fingerprint density at radius 3 is 2.22 bits per heavy atom. The van der Waals surface area contributed by atoms with Crippen LogP contribution >= 0.6 is 15.9 Å². The van der Waals surface area contributed by atoms with Gasteiger partial charge in [0.2, 0.25) is 10.5 Å². The van der Waals surface area contributed by atoms with Gasteiger partial charge in [-0.1, -0.05) is 15.9 Å². The molecule has 0 bridgehead atoms. The Kier molecular flexibility index (Phi) is 2.30. The number of halogens is 1. The van der Waals surface area contributed by atoms with Crippen LogP contribution < -0.4 is 4.43 Å². The van der Waals surface area contributed by atoms with Crippen molar-refractivity contribution in [1.29, 1.82) is 0 Å². The zero-order valence-electron chi connectivity index (χ0n) is 5.10. The molecule has 9 heavy (non-hydrogen) atoms. The van der Waals surface area contributed by atoms with Gasteiger partial charge < -0.3 is 4.43 Å².